The van der Waals surface area contributed by atoms with Crippen LogP contribution in [0.1, 0.15) is 43.4 Å². The van der Waals surface area contributed by atoms with Crippen LogP contribution in [-0.2, 0) is 10.4 Å². The summed E-state index contributed by atoms with van der Waals surface area (Å²) >= 11 is 0. The fraction of sp³-hybridized carbons (Fsp3) is 0.351. The number of aliphatic hydroxyl groups is 3. The molecular formula is C37H42N10O5. The molecule has 1 saturated carbocycles. The molecule has 2 aromatic carbocycles. The van der Waals surface area contributed by atoms with E-state index in [4.69, 9.17) is 9.97 Å². The molecule has 2 aliphatic rings. The van der Waals surface area contributed by atoms with Gasteiger partial charge in [-0.2, -0.15) is 9.97 Å². The molecule has 5 atom stereocenters. The summed E-state index contributed by atoms with van der Waals surface area (Å²) in [6, 6.07) is 20.4. The molecule has 2 fully saturated rings. The third-order valence-electron chi connectivity index (χ3n) is 9.83. The van der Waals surface area contributed by atoms with Crippen molar-refractivity contribution in [1.82, 2.24) is 35.1 Å². The lowest BCUT2D eigenvalue weighted by molar-refractivity contribution is -0.122. The first-order valence-electron chi connectivity index (χ1n) is 17.4. The summed E-state index contributed by atoms with van der Waals surface area (Å²) < 4.78 is 1.71. The van der Waals surface area contributed by atoms with Crippen molar-refractivity contribution in [3.63, 3.8) is 0 Å². The van der Waals surface area contributed by atoms with Crippen LogP contribution in [-0.4, -0.2) is 95.7 Å². The van der Waals surface area contributed by atoms with Crippen LogP contribution < -0.4 is 26.2 Å². The van der Waals surface area contributed by atoms with Crippen molar-refractivity contribution >= 4 is 40.6 Å². The Hall–Kier alpha value is -5.64. The van der Waals surface area contributed by atoms with Gasteiger partial charge in [0, 0.05) is 31.7 Å². The summed E-state index contributed by atoms with van der Waals surface area (Å²) in [5, 5.41) is 46.3. The van der Waals surface area contributed by atoms with E-state index in [-0.39, 0.29) is 37.4 Å². The second-order valence-corrected chi connectivity index (χ2v) is 13.2. The van der Waals surface area contributed by atoms with Crippen LogP contribution in [0.3, 0.4) is 0 Å². The number of aliphatic hydroxyl groups excluding tert-OH is 2. The van der Waals surface area contributed by atoms with E-state index in [1.807, 2.05) is 65.6 Å². The zero-order valence-electron chi connectivity index (χ0n) is 28.6. The third-order valence-corrected chi connectivity index (χ3v) is 9.83. The maximum atomic E-state index is 12.8. The quantitative estimate of drug-likeness (QED) is 0.106. The molecule has 1 aliphatic heterocycles. The molecule has 0 spiro atoms. The van der Waals surface area contributed by atoms with Crippen molar-refractivity contribution in [2.75, 3.05) is 35.2 Å². The molecule has 4 heterocycles. The number of fused-ring (bicyclic) bond motifs is 1. The van der Waals surface area contributed by atoms with Gasteiger partial charge in [0.15, 0.2) is 17.0 Å². The zero-order valence-corrected chi connectivity index (χ0v) is 28.6. The summed E-state index contributed by atoms with van der Waals surface area (Å²) in [4.78, 5) is 45.4. The van der Waals surface area contributed by atoms with Gasteiger partial charge in [0.05, 0.1) is 36.8 Å². The summed E-state index contributed by atoms with van der Waals surface area (Å²) in [6.07, 6.45) is 3.50. The van der Waals surface area contributed by atoms with Gasteiger partial charge >= 0.3 is 6.03 Å². The third kappa shape index (κ3) is 7.10. The van der Waals surface area contributed by atoms with Gasteiger partial charge in [-0.15, -0.1) is 0 Å². The standard InChI is InChI=1S/C37H42N10O5/c1-2-29(48)43-27-18-28(32(50)31(27)49)47-22-40-30-33(39-21-37(52,23-10-5-3-6-11-23)24-12-7-4-8-13-24)44-35(45-34(30)47)46-17-15-26(20-46)42-36(51)41-25-14-9-16-38-19-25/h3-14,16,19,22,26-28,31-32,49-50,52H,2,15,17-18,20-21H2,1H3,(H,43,48)(H,39,44,45)(H2,41,42,51)/t26-,27+,28-,31-,32+/m1/s1. The monoisotopic (exact) mass is 706 g/mol. The number of imidazole rings is 1. The average Bonchev–Trinajstić information content (AvgIpc) is 3.89. The Kier molecular flexibility index (Phi) is 9.98. The Morgan fingerprint density at radius 2 is 1.67 bits per heavy atom. The van der Waals surface area contributed by atoms with E-state index < -0.39 is 29.9 Å². The van der Waals surface area contributed by atoms with E-state index in [1.54, 1.807) is 42.3 Å². The fourth-order valence-electron chi connectivity index (χ4n) is 7.01. The number of nitrogens with one attached hydrogen (secondary N) is 4. The molecule has 1 aliphatic carbocycles. The zero-order chi connectivity index (χ0) is 36.2. The molecule has 15 heteroatoms. The first-order valence-corrected chi connectivity index (χ1v) is 17.4. The minimum atomic E-state index is -1.44. The molecule has 7 N–H and O–H groups in total. The van der Waals surface area contributed by atoms with Crippen molar-refractivity contribution in [3.05, 3.63) is 103 Å². The Balaban J connectivity index is 1.20. The highest BCUT2D eigenvalue weighted by Crippen LogP contribution is 2.36. The number of rotatable bonds is 11. The number of amides is 3. The molecule has 3 aromatic heterocycles. The van der Waals surface area contributed by atoms with Crippen LogP contribution in [0.5, 0.6) is 0 Å². The molecule has 7 rings (SSSR count). The number of aromatic nitrogens is 5. The van der Waals surface area contributed by atoms with Gasteiger partial charge in [0.2, 0.25) is 11.9 Å². The summed E-state index contributed by atoms with van der Waals surface area (Å²) in [7, 11) is 0. The second-order valence-electron chi connectivity index (χ2n) is 13.2. The van der Waals surface area contributed by atoms with Crippen molar-refractivity contribution < 1.29 is 24.9 Å². The van der Waals surface area contributed by atoms with Crippen LogP contribution in [0.15, 0.2) is 91.5 Å². The lowest BCUT2D eigenvalue weighted by Gasteiger charge is -2.30. The van der Waals surface area contributed by atoms with E-state index in [9.17, 15) is 24.9 Å². The second kappa shape index (κ2) is 14.9. The first-order chi connectivity index (χ1) is 25.2. The van der Waals surface area contributed by atoms with Crippen LogP contribution in [0, 0.1) is 0 Å². The molecule has 0 radical (unpaired) electrons. The number of urea groups is 1. The highest BCUT2D eigenvalue weighted by molar-refractivity contribution is 5.89. The smallest absolute Gasteiger partial charge is 0.319 e. The van der Waals surface area contributed by atoms with Gasteiger partial charge in [0.1, 0.15) is 17.8 Å². The summed E-state index contributed by atoms with van der Waals surface area (Å²) in [5.41, 5.74) is 1.31. The molecule has 3 amide bonds. The SMILES string of the molecule is CCC(=O)N[C@H]1C[C@@H](n2cnc3c(NCC(O)(c4ccccc4)c4ccccc4)nc(N4CC[C@@H](NC(=O)Nc5cccnc5)C4)nc32)[C@H](O)[C@@H]1O. The predicted molar refractivity (Wildman–Crippen MR) is 195 cm³/mol. The van der Waals surface area contributed by atoms with Gasteiger partial charge in [-0.1, -0.05) is 67.6 Å². The van der Waals surface area contributed by atoms with Crippen LogP contribution in [0.25, 0.3) is 11.2 Å². The largest absolute Gasteiger partial charge is 0.388 e. The molecule has 270 valence electrons. The van der Waals surface area contributed by atoms with Crippen LogP contribution in [0.2, 0.25) is 0 Å². The maximum absolute atomic E-state index is 12.8. The van der Waals surface area contributed by atoms with E-state index >= 15 is 0 Å². The van der Waals surface area contributed by atoms with Crippen LogP contribution >= 0.6 is 0 Å². The molecule has 52 heavy (non-hydrogen) atoms. The Morgan fingerprint density at radius 1 is 0.942 bits per heavy atom. The number of hydrogen-bond donors (Lipinski definition) is 7. The van der Waals surface area contributed by atoms with Gasteiger partial charge < -0.3 is 46.1 Å². The van der Waals surface area contributed by atoms with E-state index in [0.717, 1.165) is 0 Å². The highest BCUT2D eigenvalue weighted by atomic mass is 16.3. The van der Waals surface area contributed by atoms with Crippen molar-refractivity contribution in [2.24, 2.45) is 0 Å². The van der Waals surface area contributed by atoms with E-state index in [2.05, 4.69) is 31.2 Å². The maximum Gasteiger partial charge on any atom is 0.319 e. The number of hydrogen-bond acceptors (Lipinski definition) is 11. The van der Waals surface area contributed by atoms with Crippen molar-refractivity contribution in [1.29, 1.82) is 0 Å². The summed E-state index contributed by atoms with van der Waals surface area (Å²) in [5.74, 6) is 0.498. The van der Waals surface area contributed by atoms with Crippen LogP contribution in [0.4, 0.5) is 22.2 Å². The number of nitrogens with zero attached hydrogens (tertiary/aromatic N) is 6. The fourth-order valence-corrected chi connectivity index (χ4v) is 7.01. The predicted octanol–water partition coefficient (Wildman–Crippen LogP) is 2.53. The Morgan fingerprint density at radius 3 is 2.35 bits per heavy atom. The molecule has 5 aromatic rings. The van der Waals surface area contributed by atoms with Gasteiger partial charge in [-0.3, -0.25) is 9.78 Å². The van der Waals surface area contributed by atoms with Gasteiger partial charge in [-0.25, -0.2) is 9.78 Å². The lowest BCUT2D eigenvalue weighted by Crippen LogP contribution is -2.42. The molecule has 15 nitrogen and oxygen atoms in total. The van der Waals surface area contributed by atoms with Gasteiger partial charge in [-0.05, 0) is 36.1 Å². The lowest BCUT2D eigenvalue weighted by atomic mass is 9.86. The van der Waals surface area contributed by atoms with Gasteiger partial charge in [0.25, 0.3) is 0 Å². The van der Waals surface area contributed by atoms with E-state index in [0.29, 0.717) is 59.3 Å². The summed E-state index contributed by atoms with van der Waals surface area (Å²) in [6.45, 7) is 2.73. The highest BCUT2D eigenvalue weighted by Gasteiger charge is 2.44. The minimum absolute atomic E-state index is 0.0357. The molecule has 0 unspecified atom stereocenters. The number of carbonyl (C=O) groups excluding carboxylic acids is 2. The number of carbonyl (C=O) groups is 2. The molecule has 0 bridgehead atoms. The first kappa shape index (κ1) is 34.8. The number of anilines is 3. The van der Waals surface area contributed by atoms with Crippen molar-refractivity contribution in [2.45, 2.75) is 62.1 Å². The normalized spacial score (nSPS) is 21.6. The Bertz CT molecular complexity index is 1960. The topological polar surface area (TPSA) is 203 Å². The minimum Gasteiger partial charge on any atom is -0.388 e. The number of pyridine rings is 1. The van der Waals surface area contributed by atoms with E-state index in [1.165, 1.54) is 0 Å². The number of benzene rings is 2. The molecular weight excluding hydrogens is 664 g/mol. The van der Waals surface area contributed by atoms with Crippen molar-refractivity contribution in [3.8, 4) is 0 Å². The Labute approximate surface area is 300 Å². The average molecular weight is 707 g/mol. The molecule has 1 saturated heterocycles.